The normalized spacial score (nSPS) is 11.1. The van der Waals surface area contributed by atoms with Crippen molar-refractivity contribution in [2.24, 2.45) is 0 Å². The molecule has 6 heteroatoms. The highest BCUT2D eigenvalue weighted by Gasteiger charge is 2.25. The summed E-state index contributed by atoms with van der Waals surface area (Å²) < 4.78 is 27.7. The van der Waals surface area contributed by atoms with Gasteiger partial charge in [-0.1, -0.05) is 42.5 Å². The maximum Gasteiger partial charge on any atom is 0.264 e. The Labute approximate surface area is 165 Å². The van der Waals surface area contributed by atoms with E-state index in [1.165, 1.54) is 21.3 Å². The number of carbonyl (C=O) groups excluding carboxylic acids is 1. The van der Waals surface area contributed by atoms with Crippen molar-refractivity contribution in [1.82, 2.24) is 0 Å². The molecule has 3 aromatic rings. The molecule has 0 bridgehead atoms. The van der Waals surface area contributed by atoms with Crippen LogP contribution in [0.3, 0.4) is 0 Å². The minimum atomic E-state index is -3.79. The zero-order chi connectivity index (χ0) is 20.1. The third-order valence-electron chi connectivity index (χ3n) is 4.45. The van der Waals surface area contributed by atoms with Gasteiger partial charge in [0, 0.05) is 24.8 Å². The highest BCUT2D eigenvalue weighted by atomic mass is 32.2. The average Bonchev–Trinajstić information content (AvgIpc) is 2.74. The molecular weight excluding hydrogens is 372 g/mol. The Morgan fingerprint density at radius 2 is 1.39 bits per heavy atom. The van der Waals surface area contributed by atoms with E-state index in [1.807, 2.05) is 36.4 Å². The summed E-state index contributed by atoms with van der Waals surface area (Å²) in [4.78, 5) is 14.4. The van der Waals surface area contributed by atoms with Crippen molar-refractivity contribution in [3.05, 3.63) is 90.5 Å². The first kappa shape index (κ1) is 19.6. The lowest BCUT2D eigenvalue weighted by atomic mass is 10.2. The van der Waals surface area contributed by atoms with E-state index in [-0.39, 0.29) is 17.3 Å². The Balaban J connectivity index is 1.95. The van der Waals surface area contributed by atoms with Crippen molar-refractivity contribution < 1.29 is 13.2 Å². The van der Waals surface area contributed by atoms with E-state index >= 15 is 0 Å². The first-order valence-corrected chi connectivity index (χ1v) is 10.4. The predicted molar refractivity (Wildman–Crippen MR) is 112 cm³/mol. The topological polar surface area (TPSA) is 57.7 Å². The standard InChI is InChI=1S/C22H22N2O3S/c1-3-24(20-14-8-5-9-15-20)28(26,27)21-16-10-11-18(17-21)22(25)23(2)19-12-6-4-7-13-19/h4-17H,3H2,1-2H3. The fraction of sp³-hybridized carbons (Fsp3) is 0.136. The van der Waals surface area contributed by atoms with Crippen molar-refractivity contribution in [2.75, 3.05) is 22.8 Å². The van der Waals surface area contributed by atoms with E-state index in [1.54, 1.807) is 50.4 Å². The van der Waals surface area contributed by atoms with Crippen molar-refractivity contribution in [3.63, 3.8) is 0 Å². The minimum absolute atomic E-state index is 0.0884. The van der Waals surface area contributed by atoms with Crippen molar-refractivity contribution in [1.29, 1.82) is 0 Å². The van der Waals surface area contributed by atoms with E-state index in [2.05, 4.69) is 0 Å². The molecule has 0 spiro atoms. The molecule has 0 aromatic heterocycles. The lowest BCUT2D eigenvalue weighted by molar-refractivity contribution is 0.0993. The van der Waals surface area contributed by atoms with Crippen LogP contribution < -0.4 is 9.21 Å². The van der Waals surface area contributed by atoms with Gasteiger partial charge in [0.2, 0.25) is 0 Å². The first-order chi connectivity index (χ1) is 13.4. The molecule has 0 fully saturated rings. The van der Waals surface area contributed by atoms with Crippen molar-refractivity contribution in [2.45, 2.75) is 11.8 Å². The number of nitrogens with zero attached hydrogens (tertiary/aromatic N) is 2. The Bertz CT molecular complexity index is 1050. The van der Waals surface area contributed by atoms with Gasteiger partial charge in [-0.2, -0.15) is 0 Å². The highest BCUT2D eigenvalue weighted by Crippen LogP contribution is 2.24. The van der Waals surface area contributed by atoms with Crippen LogP contribution in [0.25, 0.3) is 0 Å². The van der Waals surface area contributed by atoms with E-state index in [4.69, 9.17) is 0 Å². The third-order valence-corrected chi connectivity index (χ3v) is 6.35. The monoisotopic (exact) mass is 394 g/mol. The molecule has 144 valence electrons. The second-order valence-corrected chi connectivity index (χ2v) is 8.10. The Morgan fingerprint density at radius 3 is 1.96 bits per heavy atom. The van der Waals surface area contributed by atoms with E-state index < -0.39 is 10.0 Å². The van der Waals surface area contributed by atoms with Gasteiger partial charge in [0.05, 0.1) is 10.6 Å². The number of para-hydroxylation sites is 2. The summed E-state index contributed by atoms with van der Waals surface area (Å²) in [5, 5.41) is 0. The molecule has 0 atom stereocenters. The molecular formula is C22H22N2O3S. The van der Waals surface area contributed by atoms with Gasteiger partial charge in [0.15, 0.2) is 0 Å². The number of rotatable bonds is 6. The summed E-state index contributed by atoms with van der Waals surface area (Å²) in [5.74, 6) is -0.272. The number of amides is 1. The van der Waals surface area contributed by atoms with E-state index in [0.29, 0.717) is 11.3 Å². The SMILES string of the molecule is CCN(c1ccccc1)S(=O)(=O)c1cccc(C(=O)N(C)c2ccccc2)c1. The summed E-state index contributed by atoms with van der Waals surface area (Å²) in [7, 11) is -2.12. The smallest absolute Gasteiger partial charge is 0.264 e. The second-order valence-electron chi connectivity index (χ2n) is 6.23. The predicted octanol–water partition coefficient (Wildman–Crippen LogP) is 4.18. The van der Waals surface area contributed by atoms with Crippen LogP contribution in [0.1, 0.15) is 17.3 Å². The molecule has 0 aliphatic carbocycles. The van der Waals surface area contributed by atoms with Gasteiger partial charge in [-0.05, 0) is 49.4 Å². The highest BCUT2D eigenvalue weighted by molar-refractivity contribution is 7.92. The fourth-order valence-electron chi connectivity index (χ4n) is 2.96. The molecule has 0 aliphatic heterocycles. The zero-order valence-corrected chi connectivity index (χ0v) is 16.6. The lowest BCUT2D eigenvalue weighted by Gasteiger charge is -2.23. The Hall–Kier alpha value is -3.12. The molecule has 1 amide bonds. The molecule has 28 heavy (non-hydrogen) atoms. The van der Waals surface area contributed by atoms with Gasteiger partial charge in [-0.15, -0.1) is 0 Å². The van der Waals surface area contributed by atoms with Crippen LogP contribution in [-0.4, -0.2) is 27.9 Å². The van der Waals surface area contributed by atoms with Crippen LogP contribution in [0, 0.1) is 0 Å². The summed E-state index contributed by atoms with van der Waals surface area (Å²) >= 11 is 0. The van der Waals surface area contributed by atoms with Gasteiger partial charge in [0.1, 0.15) is 0 Å². The summed E-state index contributed by atoms with van der Waals surface area (Å²) in [5.41, 5.74) is 1.64. The molecule has 3 rings (SSSR count). The average molecular weight is 394 g/mol. The zero-order valence-electron chi connectivity index (χ0n) is 15.8. The molecule has 0 saturated carbocycles. The van der Waals surface area contributed by atoms with Crippen LogP contribution in [0.5, 0.6) is 0 Å². The van der Waals surface area contributed by atoms with Gasteiger partial charge in [-0.25, -0.2) is 8.42 Å². The Kier molecular flexibility index (Phi) is 5.80. The van der Waals surface area contributed by atoms with Gasteiger partial charge >= 0.3 is 0 Å². The van der Waals surface area contributed by atoms with Crippen LogP contribution >= 0.6 is 0 Å². The van der Waals surface area contributed by atoms with Crippen LogP contribution in [0.15, 0.2) is 89.8 Å². The summed E-state index contributed by atoms with van der Waals surface area (Å²) in [6.07, 6.45) is 0. The van der Waals surface area contributed by atoms with Crippen LogP contribution in [-0.2, 0) is 10.0 Å². The fourth-order valence-corrected chi connectivity index (χ4v) is 4.48. The number of carbonyl (C=O) groups is 1. The molecule has 0 radical (unpaired) electrons. The molecule has 5 nitrogen and oxygen atoms in total. The number of hydrogen-bond acceptors (Lipinski definition) is 3. The quantitative estimate of drug-likeness (QED) is 0.630. The van der Waals surface area contributed by atoms with Gasteiger partial charge in [-0.3, -0.25) is 9.10 Å². The minimum Gasteiger partial charge on any atom is -0.311 e. The van der Waals surface area contributed by atoms with Crippen molar-refractivity contribution in [3.8, 4) is 0 Å². The maximum absolute atomic E-state index is 13.2. The molecule has 0 N–H and O–H groups in total. The molecule has 0 heterocycles. The molecule has 0 saturated heterocycles. The number of benzene rings is 3. The van der Waals surface area contributed by atoms with Crippen LogP contribution in [0.4, 0.5) is 11.4 Å². The van der Waals surface area contributed by atoms with Gasteiger partial charge < -0.3 is 4.90 Å². The second kappa shape index (κ2) is 8.27. The van der Waals surface area contributed by atoms with Gasteiger partial charge in [0.25, 0.3) is 15.9 Å². The molecule has 0 aliphatic rings. The Morgan fingerprint density at radius 1 is 0.821 bits per heavy atom. The van der Waals surface area contributed by atoms with Crippen LogP contribution in [0.2, 0.25) is 0 Å². The molecule has 3 aromatic carbocycles. The number of anilines is 2. The number of hydrogen-bond donors (Lipinski definition) is 0. The first-order valence-electron chi connectivity index (χ1n) is 8.96. The number of sulfonamides is 1. The van der Waals surface area contributed by atoms with E-state index in [0.717, 1.165) is 5.69 Å². The van der Waals surface area contributed by atoms with Crippen molar-refractivity contribution >= 4 is 27.3 Å². The largest absolute Gasteiger partial charge is 0.311 e. The van der Waals surface area contributed by atoms with E-state index in [9.17, 15) is 13.2 Å². The molecule has 0 unspecified atom stereocenters. The third kappa shape index (κ3) is 3.92. The lowest BCUT2D eigenvalue weighted by Crippen LogP contribution is -2.31. The summed E-state index contributed by atoms with van der Waals surface area (Å²) in [6.45, 7) is 2.07. The maximum atomic E-state index is 13.2. The summed E-state index contributed by atoms with van der Waals surface area (Å²) in [6, 6.07) is 24.3.